The minimum absolute atomic E-state index is 0.113. The molecule has 0 aliphatic carbocycles. The van der Waals surface area contributed by atoms with Crippen molar-refractivity contribution in [2.45, 2.75) is 13.3 Å². The van der Waals surface area contributed by atoms with Crippen molar-refractivity contribution in [3.8, 4) is 28.0 Å². The molecule has 0 spiro atoms. The summed E-state index contributed by atoms with van der Waals surface area (Å²) in [5, 5.41) is 0. The molecular formula is C30H24F3NO. The van der Waals surface area contributed by atoms with Crippen molar-refractivity contribution >= 4 is 12.2 Å². The van der Waals surface area contributed by atoms with Gasteiger partial charge in [-0.1, -0.05) is 54.1 Å². The lowest BCUT2D eigenvalue weighted by molar-refractivity contribution is 0.323. The number of hydrogen-bond acceptors (Lipinski definition) is 2. The predicted octanol–water partition coefficient (Wildman–Crippen LogP) is 8.27. The van der Waals surface area contributed by atoms with E-state index in [1.807, 2.05) is 19.1 Å². The van der Waals surface area contributed by atoms with Crippen molar-refractivity contribution in [2.24, 2.45) is 0 Å². The van der Waals surface area contributed by atoms with Crippen LogP contribution in [0.4, 0.5) is 13.2 Å². The molecule has 2 nitrogen and oxygen atoms in total. The van der Waals surface area contributed by atoms with E-state index < -0.39 is 17.5 Å². The van der Waals surface area contributed by atoms with Crippen LogP contribution in [-0.2, 0) is 0 Å². The number of ether oxygens (including phenoxy) is 1. The van der Waals surface area contributed by atoms with Gasteiger partial charge >= 0.3 is 0 Å². The van der Waals surface area contributed by atoms with Crippen molar-refractivity contribution in [2.75, 3.05) is 6.61 Å². The molecule has 1 aromatic heterocycles. The first-order valence-corrected chi connectivity index (χ1v) is 11.2. The van der Waals surface area contributed by atoms with Crippen LogP contribution in [0.2, 0.25) is 0 Å². The van der Waals surface area contributed by atoms with E-state index in [4.69, 9.17) is 4.74 Å². The Kier molecular flexibility index (Phi) is 7.46. The number of halogens is 3. The average molecular weight is 472 g/mol. The highest BCUT2D eigenvalue weighted by Crippen LogP contribution is 2.28. The largest absolute Gasteiger partial charge is 0.493 e. The van der Waals surface area contributed by atoms with Gasteiger partial charge in [-0.2, -0.15) is 0 Å². The van der Waals surface area contributed by atoms with Crippen LogP contribution < -0.4 is 4.74 Å². The van der Waals surface area contributed by atoms with Gasteiger partial charge in [0.2, 0.25) is 0 Å². The van der Waals surface area contributed by atoms with Crippen LogP contribution in [0, 0.1) is 24.4 Å². The minimum Gasteiger partial charge on any atom is -0.493 e. The summed E-state index contributed by atoms with van der Waals surface area (Å²) >= 11 is 0. The third-order valence-electron chi connectivity index (χ3n) is 5.54. The molecule has 1 heterocycles. The van der Waals surface area contributed by atoms with Crippen LogP contribution in [0.3, 0.4) is 0 Å². The van der Waals surface area contributed by atoms with Gasteiger partial charge in [0.05, 0.1) is 12.3 Å². The topological polar surface area (TPSA) is 22.1 Å². The third kappa shape index (κ3) is 5.69. The summed E-state index contributed by atoms with van der Waals surface area (Å²) in [6, 6.07) is 18.4. The van der Waals surface area contributed by atoms with Crippen molar-refractivity contribution in [1.82, 2.24) is 4.98 Å². The highest BCUT2D eigenvalue weighted by Gasteiger charge is 2.13. The fourth-order valence-corrected chi connectivity index (χ4v) is 3.57. The lowest BCUT2D eigenvalue weighted by Gasteiger charge is -2.08. The van der Waals surface area contributed by atoms with Crippen LogP contribution >= 0.6 is 0 Å². The number of hydrogen-bond donors (Lipinski definition) is 0. The van der Waals surface area contributed by atoms with Crippen molar-refractivity contribution in [1.29, 1.82) is 0 Å². The molecule has 5 heteroatoms. The van der Waals surface area contributed by atoms with Gasteiger partial charge < -0.3 is 4.74 Å². The lowest BCUT2D eigenvalue weighted by Crippen LogP contribution is -1.96. The number of aryl methyl sites for hydroxylation is 1. The van der Waals surface area contributed by atoms with Crippen LogP contribution in [0.15, 0.2) is 85.6 Å². The minimum atomic E-state index is -0.923. The number of aromatic nitrogens is 1. The molecule has 0 aliphatic rings. The predicted molar refractivity (Wildman–Crippen MR) is 135 cm³/mol. The smallest absolute Gasteiger partial charge is 0.167 e. The first kappa shape index (κ1) is 24.0. The average Bonchev–Trinajstić information content (AvgIpc) is 2.86. The standard InChI is InChI=1S/C30H24F3NO/c1-3-4-17-35-25-14-16-26(28(31)18-25)23-10-13-24(34-19-23)12-9-22-11-15-27(30(33)29(22)32)21-7-5-20(2)6-8-21/h3,5-16,18-19H,1,4,17H2,2H3/b12-9+. The number of benzene rings is 3. The number of rotatable bonds is 8. The molecule has 35 heavy (non-hydrogen) atoms. The van der Waals surface area contributed by atoms with Gasteiger partial charge in [-0.05, 0) is 49.3 Å². The molecular weight excluding hydrogens is 447 g/mol. The molecule has 0 N–H and O–H groups in total. The molecule has 0 saturated carbocycles. The first-order chi connectivity index (χ1) is 17.0. The molecule has 176 valence electrons. The normalized spacial score (nSPS) is 11.1. The second-order valence-electron chi connectivity index (χ2n) is 8.07. The SMILES string of the molecule is C=CCCOc1ccc(-c2ccc(/C=C/c3ccc(-c4ccc(C)cc4)c(F)c3F)nc2)c(F)c1. The Bertz CT molecular complexity index is 1360. The van der Waals surface area contributed by atoms with Crippen molar-refractivity contribution in [3.63, 3.8) is 0 Å². The summed E-state index contributed by atoms with van der Waals surface area (Å²) < 4.78 is 49.4. The quantitative estimate of drug-likeness (QED) is 0.191. The van der Waals surface area contributed by atoms with E-state index >= 15 is 0 Å². The van der Waals surface area contributed by atoms with E-state index in [1.165, 1.54) is 24.4 Å². The molecule has 4 aromatic rings. The van der Waals surface area contributed by atoms with Crippen molar-refractivity contribution < 1.29 is 17.9 Å². The fourth-order valence-electron chi connectivity index (χ4n) is 3.57. The zero-order valence-corrected chi connectivity index (χ0v) is 19.3. The first-order valence-electron chi connectivity index (χ1n) is 11.2. The molecule has 0 saturated heterocycles. The number of nitrogens with zero attached hydrogens (tertiary/aromatic N) is 1. The van der Waals surface area contributed by atoms with E-state index in [-0.39, 0.29) is 11.1 Å². The molecule has 0 unspecified atom stereocenters. The second-order valence-corrected chi connectivity index (χ2v) is 8.07. The summed E-state index contributed by atoms with van der Waals surface area (Å²) in [5.74, 6) is -1.79. The van der Waals surface area contributed by atoms with E-state index in [2.05, 4.69) is 11.6 Å². The maximum atomic E-state index is 14.7. The Morgan fingerprint density at radius 3 is 2.26 bits per heavy atom. The molecule has 0 bridgehead atoms. The Morgan fingerprint density at radius 2 is 1.57 bits per heavy atom. The van der Waals surface area contributed by atoms with Gasteiger partial charge in [0.15, 0.2) is 11.6 Å². The van der Waals surface area contributed by atoms with E-state index in [0.29, 0.717) is 41.2 Å². The van der Waals surface area contributed by atoms with E-state index in [9.17, 15) is 13.2 Å². The summed E-state index contributed by atoms with van der Waals surface area (Å²) in [5.41, 5.74) is 3.49. The fraction of sp³-hybridized carbons (Fsp3) is 0.100. The Labute approximate surface area is 203 Å². The maximum absolute atomic E-state index is 14.7. The number of pyridine rings is 1. The zero-order valence-electron chi connectivity index (χ0n) is 19.3. The Morgan fingerprint density at radius 1 is 0.829 bits per heavy atom. The molecule has 0 aliphatic heterocycles. The van der Waals surface area contributed by atoms with Crippen molar-refractivity contribution in [3.05, 3.63) is 120 Å². The molecule has 4 rings (SSSR count). The zero-order chi connectivity index (χ0) is 24.8. The second kappa shape index (κ2) is 10.9. The summed E-state index contributed by atoms with van der Waals surface area (Å²) in [7, 11) is 0. The summed E-state index contributed by atoms with van der Waals surface area (Å²) in [6.07, 6.45) is 7.00. The summed E-state index contributed by atoms with van der Waals surface area (Å²) in [6.45, 7) is 5.99. The van der Waals surface area contributed by atoms with E-state index in [1.54, 1.807) is 54.6 Å². The van der Waals surface area contributed by atoms with Gasteiger partial charge in [0.1, 0.15) is 11.6 Å². The van der Waals surface area contributed by atoms with Gasteiger partial charge in [-0.3, -0.25) is 4.98 Å². The van der Waals surface area contributed by atoms with E-state index in [0.717, 1.165) is 5.56 Å². The van der Waals surface area contributed by atoms with Crippen LogP contribution in [-0.4, -0.2) is 11.6 Å². The third-order valence-corrected chi connectivity index (χ3v) is 5.54. The van der Waals surface area contributed by atoms with Gasteiger partial charge in [0.25, 0.3) is 0 Å². The van der Waals surface area contributed by atoms with Gasteiger partial charge in [0, 0.05) is 34.5 Å². The van der Waals surface area contributed by atoms with Crippen LogP contribution in [0.1, 0.15) is 23.2 Å². The van der Waals surface area contributed by atoms with Gasteiger partial charge in [-0.15, -0.1) is 6.58 Å². The monoisotopic (exact) mass is 471 g/mol. The van der Waals surface area contributed by atoms with Crippen LogP contribution in [0.25, 0.3) is 34.4 Å². The Hall–Kier alpha value is -4.12. The molecule has 3 aromatic carbocycles. The van der Waals surface area contributed by atoms with Crippen LogP contribution in [0.5, 0.6) is 5.75 Å². The summed E-state index contributed by atoms with van der Waals surface area (Å²) in [4.78, 5) is 4.31. The maximum Gasteiger partial charge on any atom is 0.167 e. The lowest BCUT2D eigenvalue weighted by atomic mass is 10.0. The highest BCUT2D eigenvalue weighted by atomic mass is 19.2. The molecule has 0 amide bonds. The Balaban J connectivity index is 1.49. The highest BCUT2D eigenvalue weighted by molar-refractivity contribution is 5.73. The molecule has 0 radical (unpaired) electrons. The molecule has 0 atom stereocenters. The van der Waals surface area contributed by atoms with Gasteiger partial charge in [-0.25, -0.2) is 13.2 Å². The molecule has 0 fully saturated rings.